The third-order valence-electron chi connectivity index (χ3n) is 7.31. The minimum absolute atomic E-state index is 0.158. The number of aliphatic hydroxyl groups is 1. The van der Waals surface area contributed by atoms with E-state index in [9.17, 15) is 9.90 Å². The van der Waals surface area contributed by atoms with Gasteiger partial charge in [-0.05, 0) is 64.5 Å². The van der Waals surface area contributed by atoms with Gasteiger partial charge in [0.2, 0.25) is 0 Å². The highest BCUT2D eigenvalue weighted by Crippen LogP contribution is 2.12. The summed E-state index contributed by atoms with van der Waals surface area (Å²) in [6.07, 6.45) is 21.7. The molecule has 0 saturated heterocycles. The van der Waals surface area contributed by atoms with Gasteiger partial charge in [-0.25, -0.2) is 0 Å². The second kappa shape index (κ2) is 32.8. The van der Waals surface area contributed by atoms with Crippen LogP contribution in [-0.4, -0.2) is 82.0 Å². The molecule has 7 nitrogen and oxygen atoms in total. The molecule has 0 aliphatic heterocycles. The van der Waals surface area contributed by atoms with Gasteiger partial charge in [-0.2, -0.15) is 0 Å². The topological polar surface area (TPSA) is 77.5 Å². The lowest BCUT2D eigenvalue weighted by Gasteiger charge is -2.21. The summed E-state index contributed by atoms with van der Waals surface area (Å²) in [5.41, 5.74) is 0. The summed E-state index contributed by atoms with van der Waals surface area (Å²) in [7, 11) is 1.74. The highest BCUT2D eigenvalue weighted by atomic mass is 16.7. The van der Waals surface area contributed by atoms with Crippen molar-refractivity contribution in [2.45, 2.75) is 149 Å². The van der Waals surface area contributed by atoms with Crippen LogP contribution in [0.4, 0.5) is 0 Å². The van der Waals surface area contributed by atoms with Crippen molar-refractivity contribution in [2.24, 2.45) is 0 Å². The Morgan fingerprint density at radius 1 is 0.625 bits per heavy atom. The smallest absolute Gasteiger partial charge is 0.305 e. The molecule has 0 saturated carbocycles. The van der Waals surface area contributed by atoms with Crippen molar-refractivity contribution in [3.8, 4) is 0 Å². The Morgan fingerprint density at radius 3 is 1.62 bits per heavy atom. The monoisotopic (exact) mass is 573 g/mol. The largest absolute Gasteiger partial charge is 0.466 e. The Kier molecular flexibility index (Phi) is 32.2. The fourth-order valence-corrected chi connectivity index (χ4v) is 4.75. The first-order chi connectivity index (χ1) is 19.7. The van der Waals surface area contributed by atoms with Gasteiger partial charge in [0.1, 0.15) is 0 Å². The third kappa shape index (κ3) is 28.8. The molecule has 0 spiro atoms. The van der Waals surface area contributed by atoms with E-state index in [0.29, 0.717) is 32.7 Å². The van der Waals surface area contributed by atoms with Crippen LogP contribution in [-0.2, 0) is 23.7 Å². The molecule has 0 aliphatic rings. The van der Waals surface area contributed by atoms with Crippen molar-refractivity contribution in [1.82, 2.24) is 4.90 Å². The lowest BCUT2D eigenvalue weighted by atomic mass is 10.1. The summed E-state index contributed by atoms with van der Waals surface area (Å²) in [5, 5.41) is 9.33. The van der Waals surface area contributed by atoms with Crippen LogP contribution in [0.5, 0.6) is 0 Å². The van der Waals surface area contributed by atoms with Crippen LogP contribution in [0.3, 0.4) is 0 Å². The summed E-state index contributed by atoms with van der Waals surface area (Å²) in [6.45, 7) is 10.1. The van der Waals surface area contributed by atoms with Crippen molar-refractivity contribution >= 4 is 5.97 Å². The van der Waals surface area contributed by atoms with Crippen LogP contribution < -0.4 is 0 Å². The molecule has 7 heteroatoms. The highest BCUT2D eigenvalue weighted by molar-refractivity contribution is 5.69. The molecule has 0 radical (unpaired) electrons. The predicted molar refractivity (Wildman–Crippen MR) is 166 cm³/mol. The molecule has 0 aromatic heterocycles. The summed E-state index contributed by atoms with van der Waals surface area (Å²) >= 11 is 0. The number of hydrogen-bond acceptors (Lipinski definition) is 7. The zero-order chi connectivity index (χ0) is 29.4. The standard InChI is InChI=1S/C33H67NO6/c1-4-6-8-10-12-19-30-39-33(40-31-20-13-11-9-7-5-2)23-22-32(36)38-29-21-15-17-25-34(26-27-35)24-16-14-18-28-37-3/h33,35H,4-31H2,1-3H3. The first-order valence-corrected chi connectivity index (χ1v) is 16.9. The molecule has 0 fully saturated rings. The normalized spacial score (nSPS) is 11.7. The quantitative estimate of drug-likeness (QED) is 0.0490. The Morgan fingerprint density at radius 2 is 1.10 bits per heavy atom. The molecule has 1 N–H and O–H groups in total. The maximum Gasteiger partial charge on any atom is 0.305 e. The molecule has 0 rings (SSSR count). The van der Waals surface area contributed by atoms with E-state index in [0.717, 1.165) is 77.6 Å². The van der Waals surface area contributed by atoms with Gasteiger partial charge >= 0.3 is 5.97 Å². The Hall–Kier alpha value is -0.730. The van der Waals surface area contributed by atoms with Gasteiger partial charge in [0.05, 0.1) is 19.6 Å². The Bertz CT molecular complexity index is 489. The van der Waals surface area contributed by atoms with Crippen LogP contribution in [0.1, 0.15) is 142 Å². The third-order valence-corrected chi connectivity index (χ3v) is 7.31. The van der Waals surface area contributed by atoms with Gasteiger partial charge in [0, 0.05) is 39.9 Å². The molecule has 240 valence electrons. The van der Waals surface area contributed by atoms with E-state index in [1.807, 2.05) is 0 Å². The number of hydrogen-bond donors (Lipinski definition) is 1. The number of carbonyl (C=O) groups is 1. The number of nitrogens with zero attached hydrogens (tertiary/aromatic N) is 1. The lowest BCUT2D eigenvalue weighted by Crippen LogP contribution is -2.29. The number of ether oxygens (including phenoxy) is 4. The SMILES string of the molecule is CCCCCCCCOC(CCC(=O)OCCCCCN(CCO)CCCCCOC)OCCCCCCCC. The first kappa shape index (κ1) is 39.3. The van der Waals surface area contributed by atoms with E-state index in [1.165, 1.54) is 64.2 Å². The van der Waals surface area contributed by atoms with E-state index < -0.39 is 0 Å². The van der Waals surface area contributed by atoms with Crippen LogP contribution in [0.25, 0.3) is 0 Å². The van der Waals surface area contributed by atoms with Crippen molar-refractivity contribution in [1.29, 1.82) is 0 Å². The van der Waals surface area contributed by atoms with Crippen molar-refractivity contribution in [3.63, 3.8) is 0 Å². The zero-order valence-electron chi connectivity index (χ0n) is 26.8. The molecule has 0 atom stereocenters. The van der Waals surface area contributed by atoms with Gasteiger partial charge in [-0.15, -0.1) is 0 Å². The highest BCUT2D eigenvalue weighted by Gasteiger charge is 2.13. The molecule has 0 amide bonds. The van der Waals surface area contributed by atoms with Crippen LogP contribution in [0.15, 0.2) is 0 Å². The van der Waals surface area contributed by atoms with Crippen LogP contribution in [0, 0.1) is 0 Å². The van der Waals surface area contributed by atoms with E-state index in [-0.39, 0.29) is 18.9 Å². The van der Waals surface area contributed by atoms with Gasteiger partial charge in [-0.3, -0.25) is 4.79 Å². The molecule has 0 unspecified atom stereocenters. The van der Waals surface area contributed by atoms with E-state index in [2.05, 4.69) is 18.7 Å². The van der Waals surface area contributed by atoms with Crippen molar-refractivity contribution in [2.75, 3.05) is 59.8 Å². The van der Waals surface area contributed by atoms with E-state index in [1.54, 1.807) is 7.11 Å². The number of methoxy groups -OCH3 is 1. The minimum Gasteiger partial charge on any atom is -0.466 e. The fraction of sp³-hybridized carbons (Fsp3) is 0.970. The number of aliphatic hydroxyl groups excluding tert-OH is 1. The lowest BCUT2D eigenvalue weighted by molar-refractivity contribution is -0.159. The average Bonchev–Trinajstić information content (AvgIpc) is 2.95. The van der Waals surface area contributed by atoms with Gasteiger partial charge in [0.25, 0.3) is 0 Å². The van der Waals surface area contributed by atoms with Gasteiger partial charge in [-0.1, -0.05) is 78.1 Å². The second-order valence-electron chi connectivity index (χ2n) is 11.1. The van der Waals surface area contributed by atoms with Crippen molar-refractivity contribution < 1.29 is 28.8 Å². The average molecular weight is 574 g/mol. The molecule has 40 heavy (non-hydrogen) atoms. The van der Waals surface area contributed by atoms with Crippen molar-refractivity contribution in [3.05, 3.63) is 0 Å². The maximum absolute atomic E-state index is 12.3. The molecule has 0 aromatic carbocycles. The van der Waals surface area contributed by atoms with Crippen LogP contribution in [0.2, 0.25) is 0 Å². The predicted octanol–water partition coefficient (Wildman–Crippen LogP) is 7.67. The number of carbonyl (C=O) groups excluding carboxylic acids is 1. The summed E-state index contributed by atoms with van der Waals surface area (Å²) in [5.74, 6) is -0.158. The first-order valence-electron chi connectivity index (χ1n) is 16.9. The molecular formula is C33H67NO6. The van der Waals surface area contributed by atoms with Crippen LogP contribution >= 0.6 is 0 Å². The van der Waals surface area contributed by atoms with E-state index >= 15 is 0 Å². The number of esters is 1. The fourth-order valence-electron chi connectivity index (χ4n) is 4.75. The number of rotatable bonds is 33. The maximum atomic E-state index is 12.3. The Balaban J connectivity index is 4.09. The molecule has 0 heterocycles. The zero-order valence-corrected chi connectivity index (χ0v) is 26.8. The second-order valence-corrected chi connectivity index (χ2v) is 11.1. The number of unbranched alkanes of at least 4 members (excludes halogenated alkanes) is 14. The summed E-state index contributed by atoms with van der Waals surface area (Å²) in [4.78, 5) is 14.7. The van der Waals surface area contributed by atoms with E-state index in [4.69, 9.17) is 18.9 Å². The van der Waals surface area contributed by atoms with Gasteiger partial charge in [0.15, 0.2) is 6.29 Å². The Labute approximate surface area is 248 Å². The molecule has 0 aliphatic carbocycles. The molecule has 0 bridgehead atoms. The van der Waals surface area contributed by atoms with Gasteiger partial charge < -0.3 is 29.0 Å². The molecule has 0 aromatic rings. The summed E-state index contributed by atoms with van der Waals surface area (Å²) < 4.78 is 22.7. The summed E-state index contributed by atoms with van der Waals surface area (Å²) in [6, 6.07) is 0. The minimum atomic E-state index is -0.314. The molecular weight excluding hydrogens is 506 g/mol.